The summed E-state index contributed by atoms with van der Waals surface area (Å²) in [5.74, 6) is 0.740. The van der Waals surface area contributed by atoms with Gasteiger partial charge in [0.15, 0.2) is 0 Å². The molecule has 146 valence electrons. The molecule has 0 aromatic heterocycles. The lowest BCUT2D eigenvalue weighted by Crippen LogP contribution is -2.32. The van der Waals surface area contributed by atoms with Crippen molar-refractivity contribution in [2.75, 3.05) is 0 Å². The predicted octanol–water partition coefficient (Wildman–Crippen LogP) is 9.29. The van der Waals surface area contributed by atoms with E-state index in [9.17, 15) is 0 Å². The summed E-state index contributed by atoms with van der Waals surface area (Å²) in [7, 11) is 0. The number of rotatable bonds is 18. The van der Waals surface area contributed by atoms with Crippen LogP contribution in [0, 0.1) is 5.92 Å². The van der Waals surface area contributed by atoms with Crippen LogP contribution in [-0.4, -0.2) is 4.87 Å². The molecule has 0 N–H and O–H groups in total. The predicted molar refractivity (Wildman–Crippen MR) is 113 cm³/mol. The molecule has 0 aromatic rings. The van der Waals surface area contributed by atoms with Crippen LogP contribution in [0.1, 0.15) is 137 Å². The van der Waals surface area contributed by atoms with Gasteiger partial charge in [0.1, 0.15) is 0 Å². The van der Waals surface area contributed by atoms with E-state index in [1.807, 2.05) is 0 Å². The molecule has 24 heavy (non-hydrogen) atoms. The maximum atomic E-state index is 7.35. The normalized spacial score (nSPS) is 13.4. The minimum atomic E-state index is 0.0870. The van der Waals surface area contributed by atoms with Crippen LogP contribution in [0.15, 0.2) is 0 Å². The van der Waals surface area contributed by atoms with Gasteiger partial charge in [0, 0.05) is 4.87 Å². The topological polar surface area (TPSA) is 0 Å². The molecule has 0 saturated carbocycles. The van der Waals surface area contributed by atoms with Crippen LogP contribution >= 0.6 is 11.6 Å². The lowest BCUT2D eigenvalue weighted by molar-refractivity contribution is 0.269. The third kappa shape index (κ3) is 11.8. The van der Waals surface area contributed by atoms with Crippen molar-refractivity contribution in [2.45, 2.75) is 142 Å². The van der Waals surface area contributed by atoms with Gasteiger partial charge in [0.2, 0.25) is 0 Å². The lowest BCUT2D eigenvalue weighted by atomic mass is 9.77. The monoisotopic (exact) mass is 358 g/mol. The van der Waals surface area contributed by atoms with E-state index in [0.29, 0.717) is 0 Å². The number of hydrogen-bond donors (Lipinski definition) is 0. The summed E-state index contributed by atoms with van der Waals surface area (Å²) in [5.41, 5.74) is 0. The first kappa shape index (κ1) is 24.3. The van der Waals surface area contributed by atoms with Crippen LogP contribution in [0.25, 0.3) is 0 Å². The number of halogens is 1. The Morgan fingerprint density at radius 2 is 1.00 bits per heavy atom. The molecule has 1 unspecified atom stereocenters. The lowest BCUT2D eigenvalue weighted by Gasteiger charge is -2.36. The van der Waals surface area contributed by atoms with Gasteiger partial charge in [0.25, 0.3) is 0 Å². The first-order valence-corrected chi connectivity index (χ1v) is 11.7. The molecule has 0 heterocycles. The highest BCUT2D eigenvalue weighted by Crippen LogP contribution is 2.42. The zero-order valence-electron chi connectivity index (χ0n) is 17.5. The van der Waals surface area contributed by atoms with Crippen molar-refractivity contribution in [3.05, 3.63) is 0 Å². The molecule has 0 bridgehead atoms. The van der Waals surface area contributed by atoms with Crippen LogP contribution in [0.2, 0.25) is 0 Å². The van der Waals surface area contributed by atoms with Crippen molar-refractivity contribution in [2.24, 2.45) is 5.92 Å². The van der Waals surface area contributed by atoms with Crippen LogP contribution in [0.4, 0.5) is 0 Å². The van der Waals surface area contributed by atoms with Gasteiger partial charge in [-0.15, -0.1) is 11.6 Å². The van der Waals surface area contributed by atoms with Gasteiger partial charge < -0.3 is 0 Å². The summed E-state index contributed by atoms with van der Waals surface area (Å²) in [4.78, 5) is 0.0870. The molecule has 0 aliphatic carbocycles. The second kappa shape index (κ2) is 16.7. The number of unbranched alkanes of at least 4 members (excludes halogenated alkanes) is 9. The zero-order valence-corrected chi connectivity index (χ0v) is 18.2. The van der Waals surface area contributed by atoms with Gasteiger partial charge in [-0.2, -0.15) is 0 Å². The minimum Gasteiger partial charge on any atom is -0.119 e. The quantitative estimate of drug-likeness (QED) is 0.169. The molecule has 0 radical (unpaired) electrons. The Balaban J connectivity index is 4.63. The van der Waals surface area contributed by atoms with E-state index in [2.05, 4.69) is 27.7 Å². The molecule has 0 rings (SSSR count). The summed E-state index contributed by atoms with van der Waals surface area (Å²) in [6.07, 6.45) is 22.8. The van der Waals surface area contributed by atoms with Crippen LogP contribution in [0.3, 0.4) is 0 Å². The van der Waals surface area contributed by atoms with Crippen molar-refractivity contribution >= 4 is 11.6 Å². The van der Waals surface area contributed by atoms with Crippen molar-refractivity contribution in [1.82, 2.24) is 0 Å². The molecular weight excluding hydrogens is 312 g/mol. The molecule has 0 aromatic carbocycles. The summed E-state index contributed by atoms with van der Waals surface area (Å²) < 4.78 is 0. The maximum Gasteiger partial charge on any atom is 0.0475 e. The van der Waals surface area contributed by atoms with Crippen molar-refractivity contribution in [3.8, 4) is 0 Å². The molecule has 0 amide bonds. The van der Waals surface area contributed by atoms with Gasteiger partial charge in [-0.05, 0) is 31.6 Å². The molecule has 0 aliphatic rings. The molecule has 0 aliphatic heterocycles. The Morgan fingerprint density at radius 1 is 0.542 bits per heavy atom. The average molecular weight is 359 g/mol. The molecule has 0 nitrogen and oxygen atoms in total. The van der Waals surface area contributed by atoms with E-state index in [1.165, 1.54) is 109 Å². The maximum absolute atomic E-state index is 7.35. The van der Waals surface area contributed by atoms with E-state index < -0.39 is 0 Å². The molecule has 1 heteroatoms. The van der Waals surface area contributed by atoms with E-state index >= 15 is 0 Å². The average Bonchev–Trinajstić information content (AvgIpc) is 2.58. The SMILES string of the molecule is CCCCCCC(CCC)C(Cl)(CCCCCC)CCCCCC. The Bertz CT molecular complexity index is 236. The van der Waals surface area contributed by atoms with Crippen molar-refractivity contribution in [3.63, 3.8) is 0 Å². The Morgan fingerprint density at radius 3 is 1.42 bits per heavy atom. The van der Waals surface area contributed by atoms with Crippen molar-refractivity contribution < 1.29 is 0 Å². The second-order valence-electron chi connectivity index (χ2n) is 7.99. The van der Waals surface area contributed by atoms with Gasteiger partial charge in [-0.1, -0.05) is 111 Å². The Kier molecular flexibility index (Phi) is 16.9. The largest absolute Gasteiger partial charge is 0.119 e. The van der Waals surface area contributed by atoms with Crippen LogP contribution in [0.5, 0.6) is 0 Å². The molecule has 0 saturated heterocycles. The van der Waals surface area contributed by atoms with E-state index in [4.69, 9.17) is 11.6 Å². The van der Waals surface area contributed by atoms with Gasteiger partial charge in [0.05, 0.1) is 0 Å². The zero-order chi connectivity index (χ0) is 18.1. The smallest absolute Gasteiger partial charge is 0.0475 e. The Hall–Kier alpha value is 0.290. The van der Waals surface area contributed by atoms with E-state index in [-0.39, 0.29) is 4.87 Å². The summed E-state index contributed by atoms with van der Waals surface area (Å²) in [6.45, 7) is 9.24. The first-order chi connectivity index (χ1) is 11.6. The van der Waals surface area contributed by atoms with E-state index in [1.54, 1.807) is 0 Å². The highest BCUT2D eigenvalue weighted by Gasteiger charge is 2.34. The summed E-state index contributed by atoms with van der Waals surface area (Å²) >= 11 is 7.35. The minimum absolute atomic E-state index is 0.0870. The van der Waals surface area contributed by atoms with E-state index in [0.717, 1.165) is 5.92 Å². The first-order valence-electron chi connectivity index (χ1n) is 11.3. The highest BCUT2D eigenvalue weighted by atomic mass is 35.5. The van der Waals surface area contributed by atoms with Crippen LogP contribution < -0.4 is 0 Å². The summed E-state index contributed by atoms with van der Waals surface area (Å²) in [5, 5.41) is 0. The van der Waals surface area contributed by atoms with Gasteiger partial charge >= 0.3 is 0 Å². The fourth-order valence-electron chi connectivity index (χ4n) is 4.05. The fourth-order valence-corrected chi connectivity index (χ4v) is 4.54. The van der Waals surface area contributed by atoms with Crippen molar-refractivity contribution in [1.29, 1.82) is 0 Å². The molecule has 0 fully saturated rings. The third-order valence-corrected chi connectivity index (χ3v) is 6.35. The number of alkyl halides is 1. The Labute approximate surface area is 159 Å². The molecular formula is C23H47Cl. The van der Waals surface area contributed by atoms with Gasteiger partial charge in [-0.25, -0.2) is 0 Å². The summed E-state index contributed by atoms with van der Waals surface area (Å²) in [6, 6.07) is 0. The molecule has 0 spiro atoms. The fraction of sp³-hybridized carbons (Fsp3) is 1.00. The highest BCUT2D eigenvalue weighted by molar-refractivity contribution is 6.24. The van der Waals surface area contributed by atoms with Gasteiger partial charge in [-0.3, -0.25) is 0 Å². The standard InChI is InChI=1S/C23H47Cl/c1-5-9-12-15-19-22(18-8-4)23(24,20-16-13-10-6-2)21-17-14-11-7-3/h22H,5-21H2,1-4H3. The second-order valence-corrected chi connectivity index (χ2v) is 8.74. The molecule has 1 atom stereocenters. The number of hydrogen-bond acceptors (Lipinski definition) is 0. The van der Waals surface area contributed by atoms with Crippen LogP contribution in [-0.2, 0) is 0 Å². The third-order valence-electron chi connectivity index (χ3n) is 5.67.